The molecular formula is C76H124O6. The van der Waals surface area contributed by atoms with E-state index < -0.39 is 6.10 Å². The fourth-order valence-corrected chi connectivity index (χ4v) is 9.00. The molecule has 0 aromatic heterocycles. The van der Waals surface area contributed by atoms with Crippen LogP contribution in [0.4, 0.5) is 0 Å². The quantitative estimate of drug-likeness (QED) is 0.0261. The van der Waals surface area contributed by atoms with Crippen molar-refractivity contribution in [1.29, 1.82) is 0 Å². The number of esters is 3. The van der Waals surface area contributed by atoms with E-state index in [1.807, 2.05) is 0 Å². The van der Waals surface area contributed by atoms with Crippen molar-refractivity contribution in [3.8, 4) is 0 Å². The van der Waals surface area contributed by atoms with Gasteiger partial charge in [0.1, 0.15) is 13.2 Å². The van der Waals surface area contributed by atoms with Crippen molar-refractivity contribution in [3.63, 3.8) is 0 Å². The fraction of sp³-hybridized carbons (Fsp3) is 0.645. The predicted octanol–water partition coefficient (Wildman–Crippen LogP) is 23.5. The second-order valence-corrected chi connectivity index (χ2v) is 22.0. The highest BCUT2D eigenvalue weighted by Gasteiger charge is 2.19. The van der Waals surface area contributed by atoms with Crippen LogP contribution in [0.5, 0.6) is 0 Å². The Kier molecular flexibility index (Phi) is 64.8. The maximum absolute atomic E-state index is 12.9. The molecule has 0 spiro atoms. The first kappa shape index (κ1) is 77.3. The van der Waals surface area contributed by atoms with Gasteiger partial charge in [0, 0.05) is 19.3 Å². The Hall–Kier alpha value is -4.71. The van der Waals surface area contributed by atoms with Gasteiger partial charge in [-0.1, -0.05) is 282 Å². The third-order valence-electron chi connectivity index (χ3n) is 14.0. The van der Waals surface area contributed by atoms with E-state index in [1.165, 1.54) is 96.3 Å². The van der Waals surface area contributed by atoms with Crippen LogP contribution < -0.4 is 0 Å². The summed E-state index contributed by atoms with van der Waals surface area (Å²) in [6.07, 6.45) is 98.6. The van der Waals surface area contributed by atoms with E-state index in [0.29, 0.717) is 19.3 Å². The van der Waals surface area contributed by atoms with Crippen LogP contribution in [-0.2, 0) is 28.6 Å². The lowest BCUT2D eigenvalue weighted by Gasteiger charge is -2.18. The molecule has 0 saturated heterocycles. The van der Waals surface area contributed by atoms with Gasteiger partial charge in [-0.05, 0) is 141 Å². The second-order valence-electron chi connectivity index (χ2n) is 22.0. The minimum atomic E-state index is -0.798. The number of hydrogen-bond donors (Lipinski definition) is 0. The van der Waals surface area contributed by atoms with Crippen LogP contribution in [0.15, 0.2) is 146 Å². The average molecular weight is 1130 g/mol. The van der Waals surface area contributed by atoms with Crippen LogP contribution in [0.1, 0.15) is 297 Å². The van der Waals surface area contributed by atoms with E-state index in [1.54, 1.807) is 0 Å². The minimum absolute atomic E-state index is 0.0939. The zero-order valence-corrected chi connectivity index (χ0v) is 53.2. The third kappa shape index (κ3) is 66.1. The fourth-order valence-electron chi connectivity index (χ4n) is 9.00. The number of hydrogen-bond acceptors (Lipinski definition) is 6. The van der Waals surface area contributed by atoms with Gasteiger partial charge in [0.2, 0.25) is 0 Å². The van der Waals surface area contributed by atoms with E-state index in [2.05, 4.69) is 167 Å². The molecule has 0 heterocycles. The van der Waals surface area contributed by atoms with Crippen LogP contribution in [0.25, 0.3) is 0 Å². The average Bonchev–Trinajstić information content (AvgIpc) is 3.47. The molecule has 0 saturated carbocycles. The SMILES string of the molecule is CC/C=C\C/C=C\C/C=C\C/C=C\C/C=C\C/C=C\C/C=C\C/C=C\CCCCCCCCCCC(=O)OCC(COC(=O)CCCCCCC/C=C\C/C=C\CCC)OC(=O)CCCCCCCCC/C=C\C/C=C\CCCCCC. The highest BCUT2D eigenvalue weighted by Crippen LogP contribution is 2.15. The summed E-state index contributed by atoms with van der Waals surface area (Å²) in [4.78, 5) is 38.3. The van der Waals surface area contributed by atoms with Gasteiger partial charge in [-0.2, -0.15) is 0 Å². The third-order valence-corrected chi connectivity index (χ3v) is 14.0. The molecule has 0 aliphatic carbocycles. The molecular weight excluding hydrogens is 1010 g/mol. The maximum Gasteiger partial charge on any atom is 0.306 e. The van der Waals surface area contributed by atoms with E-state index in [9.17, 15) is 14.4 Å². The van der Waals surface area contributed by atoms with Crippen LogP contribution in [0, 0.1) is 0 Å². The number of ether oxygens (including phenoxy) is 3. The number of carbonyl (C=O) groups excluding carboxylic acids is 3. The van der Waals surface area contributed by atoms with Gasteiger partial charge in [-0.25, -0.2) is 0 Å². The molecule has 6 nitrogen and oxygen atoms in total. The summed E-state index contributed by atoms with van der Waals surface area (Å²) in [5.74, 6) is -0.921. The Bertz CT molecular complexity index is 1780. The highest BCUT2D eigenvalue weighted by molar-refractivity contribution is 5.71. The lowest BCUT2D eigenvalue weighted by atomic mass is 10.1. The van der Waals surface area contributed by atoms with Crippen molar-refractivity contribution in [2.45, 2.75) is 303 Å². The zero-order chi connectivity index (χ0) is 59.2. The number of carbonyl (C=O) groups is 3. The van der Waals surface area contributed by atoms with Gasteiger partial charge >= 0.3 is 17.9 Å². The van der Waals surface area contributed by atoms with Crippen LogP contribution >= 0.6 is 0 Å². The molecule has 464 valence electrons. The van der Waals surface area contributed by atoms with Gasteiger partial charge in [0.15, 0.2) is 6.10 Å². The molecule has 0 aromatic carbocycles. The zero-order valence-electron chi connectivity index (χ0n) is 53.2. The van der Waals surface area contributed by atoms with Gasteiger partial charge in [-0.15, -0.1) is 0 Å². The standard InChI is InChI=1S/C76H124O6/c1-4-7-10-13-16-19-22-25-27-29-31-32-33-34-35-36-37-38-39-40-41-42-43-44-45-47-48-51-54-57-60-63-66-69-75(78)81-72-73(71-80-74(77)68-65-62-59-56-53-50-24-21-18-15-12-9-6-3)82-76(79)70-67-64-61-58-55-52-49-46-30-28-26-23-20-17-14-11-8-5-2/h7,10,12,15-16,19-21,23-25,27-28,30-32,34-35,37-38,40-41,43-44,73H,4-6,8-9,11,13-14,17-18,22,26,29,33,36,39,42,45-72H2,1-3H3/b10-7-,15-12-,19-16-,23-20-,24-21-,27-25-,30-28-,32-31-,35-34-,38-37-,41-40-,44-43-. The first-order valence-corrected chi connectivity index (χ1v) is 33.8. The lowest BCUT2D eigenvalue weighted by Crippen LogP contribution is -2.30. The molecule has 0 bridgehead atoms. The summed E-state index contributed by atoms with van der Waals surface area (Å²) in [6, 6.07) is 0. The van der Waals surface area contributed by atoms with Crippen molar-refractivity contribution in [2.24, 2.45) is 0 Å². The van der Waals surface area contributed by atoms with E-state index in [4.69, 9.17) is 14.2 Å². The second kappa shape index (κ2) is 68.8. The Balaban J connectivity index is 4.31. The van der Waals surface area contributed by atoms with Crippen molar-refractivity contribution < 1.29 is 28.6 Å². The summed E-state index contributed by atoms with van der Waals surface area (Å²) in [6.45, 7) is 6.43. The van der Waals surface area contributed by atoms with Crippen LogP contribution in [0.3, 0.4) is 0 Å². The summed E-state index contributed by atoms with van der Waals surface area (Å²) < 4.78 is 16.9. The Labute approximate surface area is 506 Å². The molecule has 0 N–H and O–H groups in total. The first-order valence-electron chi connectivity index (χ1n) is 33.8. The Morgan fingerprint density at radius 2 is 0.500 bits per heavy atom. The van der Waals surface area contributed by atoms with Crippen LogP contribution in [-0.4, -0.2) is 37.2 Å². The van der Waals surface area contributed by atoms with E-state index in [-0.39, 0.29) is 31.1 Å². The summed E-state index contributed by atoms with van der Waals surface area (Å²) in [5, 5.41) is 0. The summed E-state index contributed by atoms with van der Waals surface area (Å²) in [5.41, 5.74) is 0. The molecule has 1 unspecified atom stereocenters. The smallest absolute Gasteiger partial charge is 0.306 e. The first-order chi connectivity index (χ1) is 40.5. The molecule has 0 amide bonds. The maximum atomic E-state index is 12.9. The monoisotopic (exact) mass is 1130 g/mol. The lowest BCUT2D eigenvalue weighted by molar-refractivity contribution is -0.167. The molecule has 6 heteroatoms. The largest absolute Gasteiger partial charge is 0.462 e. The van der Waals surface area contributed by atoms with Gasteiger partial charge in [-0.3, -0.25) is 14.4 Å². The van der Waals surface area contributed by atoms with Crippen molar-refractivity contribution in [1.82, 2.24) is 0 Å². The molecule has 0 aliphatic rings. The molecule has 0 radical (unpaired) electrons. The topological polar surface area (TPSA) is 78.9 Å². The number of rotatable bonds is 60. The number of unbranched alkanes of at least 4 members (excludes halogenated alkanes) is 25. The van der Waals surface area contributed by atoms with E-state index in [0.717, 1.165) is 161 Å². The predicted molar refractivity (Wildman–Crippen MR) is 357 cm³/mol. The van der Waals surface area contributed by atoms with Crippen LogP contribution in [0.2, 0.25) is 0 Å². The van der Waals surface area contributed by atoms with Gasteiger partial charge in [0.05, 0.1) is 0 Å². The van der Waals surface area contributed by atoms with Crippen molar-refractivity contribution in [3.05, 3.63) is 146 Å². The minimum Gasteiger partial charge on any atom is -0.462 e. The van der Waals surface area contributed by atoms with E-state index >= 15 is 0 Å². The van der Waals surface area contributed by atoms with Crippen molar-refractivity contribution >= 4 is 17.9 Å². The van der Waals surface area contributed by atoms with Crippen molar-refractivity contribution in [2.75, 3.05) is 13.2 Å². The molecule has 0 aromatic rings. The van der Waals surface area contributed by atoms with Gasteiger partial charge in [0.25, 0.3) is 0 Å². The highest BCUT2D eigenvalue weighted by atomic mass is 16.6. The molecule has 1 atom stereocenters. The Morgan fingerprint density at radius 3 is 0.793 bits per heavy atom. The Morgan fingerprint density at radius 1 is 0.256 bits per heavy atom. The van der Waals surface area contributed by atoms with Gasteiger partial charge < -0.3 is 14.2 Å². The molecule has 0 fully saturated rings. The summed E-state index contributed by atoms with van der Waals surface area (Å²) >= 11 is 0. The summed E-state index contributed by atoms with van der Waals surface area (Å²) in [7, 11) is 0. The molecule has 0 rings (SSSR count). The normalized spacial score (nSPS) is 13.1. The molecule has 0 aliphatic heterocycles. The molecule has 82 heavy (non-hydrogen) atoms. The number of allylic oxidation sites excluding steroid dienone is 24.